The van der Waals surface area contributed by atoms with Crippen molar-refractivity contribution in [2.24, 2.45) is 0 Å². The van der Waals surface area contributed by atoms with Crippen LogP contribution in [0.4, 0.5) is 18.9 Å². The molecule has 0 saturated heterocycles. The lowest BCUT2D eigenvalue weighted by molar-refractivity contribution is -0.214. The number of ether oxygens (including phenoxy) is 1. The highest BCUT2D eigenvalue weighted by atomic mass is 19.4. The molecule has 0 aromatic carbocycles. The van der Waals surface area contributed by atoms with E-state index in [0.717, 1.165) is 6.92 Å². The van der Waals surface area contributed by atoms with Crippen LogP contribution in [0.2, 0.25) is 0 Å². The summed E-state index contributed by atoms with van der Waals surface area (Å²) < 4.78 is 42.1. The lowest BCUT2D eigenvalue weighted by atomic mass is 10.4. The van der Waals surface area contributed by atoms with Crippen molar-refractivity contribution in [1.82, 2.24) is 9.78 Å². The van der Waals surface area contributed by atoms with Gasteiger partial charge >= 0.3 is 6.18 Å². The van der Waals surface area contributed by atoms with Crippen LogP contribution in [0.1, 0.15) is 6.92 Å². The van der Waals surface area contributed by atoms with Crippen molar-refractivity contribution in [3.05, 3.63) is 12.4 Å². The molecule has 1 atom stereocenters. The summed E-state index contributed by atoms with van der Waals surface area (Å²) in [5, 5.41) is 3.81. The van der Waals surface area contributed by atoms with Crippen molar-refractivity contribution in [2.45, 2.75) is 25.7 Å². The van der Waals surface area contributed by atoms with Crippen LogP contribution in [-0.2, 0) is 11.3 Å². The van der Waals surface area contributed by atoms with Crippen LogP contribution in [0.15, 0.2) is 12.4 Å². The molecule has 1 aromatic rings. The van der Waals surface area contributed by atoms with E-state index < -0.39 is 12.3 Å². The molecule has 15 heavy (non-hydrogen) atoms. The molecule has 0 radical (unpaired) electrons. The molecule has 0 saturated carbocycles. The van der Waals surface area contributed by atoms with Gasteiger partial charge in [0.05, 0.1) is 25.0 Å². The first-order chi connectivity index (χ1) is 6.89. The van der Waals surface area contributed by atoms with Gasteiger partial charge in [-0.05, 0) is 6.92 Å². The highest BCUT2D eigenvalue weighted by Crippen LogP contribution is 2.22. The van der Waals surface area contributed by atoms with E-state index in [2.05, 4.69) is 9.84 Å². The van der Waals surface area contributed by atoms with Gasteiger partial charge in [-0.2, -0.15) is 18.3 Å². The molecule has 0 aliphatic carbocycles. The minimum atomic E-state index is -4.32. The molecule has 0 aliphatic heterocycles. The Bertz CT molecular complexity index is 310. The van der Waals surface area contributed by atoms with Crippen LogP contribution in [0.25, 0.3) is 0 Å². The fraction of sp³-hybridized carbons (Fsp3) is 0.625. The Balaban J connectivity index is 2.28. The zero-order valence-electron chi connectivity index (χ0n) is 8.16. The van der Waals surface area contributed by atoms with Crippen molar-refractivity contribution in [3.8, 4) is 0 Å². The Morgan fingerprint density at radius 2 is 2.27 bits per heavy atom. The largest absolute Gasteiger partial charge is 0.414 e. The fourth-order valence-corrected chi connectivity index (χ4v) is 0.919. The smallest absolute Gasteiger partial charge is 0.396 e. The third-order valence-electron chi connectivity index (χ3n) is 1.80. The number of rotatable bonds is 4. The number of hydrogen-bond donors (Lipinski definition) is 1. The van der Waals surface area contributed by atoms with E-state index in [1.807, 2.05) is 0 Å². The van der Waals surface area contributed by atoms with Crippen LogP contribution in [-0.4, -0.2) is 28.7 Å². The summed E-state index contributed by atoms with van der Waals surface area (Å²) in [5.74, 6) is 0. The molecule has 4 nitrogen and oxygen atoms in total. The summed E-state index contributed by atoms with van der Waals surface area (Å²) in [6, 6.07) is 0. The van der Waals surface area contributed by atoms with Crippen LogP contribution >= 0.6 is 0 Å². The number of anilines is 1. The molecule has 0 fully saturated rings. The van der Waals surface area contributed by atoms with Gasteiger partial charge in [0.2, 0.25) is 0 Å². The maximum absolute atomic E-state index is 12.0. The van der Waals surface area contributed by atoms with Crippen molar-refractivity contribution >= 4 is 5.69 Å². The first-order valence-corrected chi connectivity index (χ1v) is 4.36. The number of aromatic nitrogens is 2. The van der Waals surface area contributed by atoms with E-state index in [4.69, 9.17) is 5.73 Å². The lowest BCUT2D eigenvalue weighted by Gasteiger charge is -2.16. The van der Waals surface area contributed by atoms with Gasteiger partial charge < -0.3 is 10.5 Å². The quantitative estimate of drug-likeness (QED) is 0.840. The summed E-state index contributed by atoms with van der Waals surface area (Å²) in [6.07, 6.45) is -3.12. The lowest BCUT2D eigenvalue weighted by Crippen LogP contribution is -2.29. The first kappa shape index (κ1) is 11.8. The summed E-state index contributed by atoms with van der Waals surface area (Å²) in [7, 11) is 0. The van der Waals surface area contributed by atoms with Crippen molar-refractivity contribution in [2.75, 3.05) is 12.3 Å². The van der Waals surface area contributed by atoms with Gasteiger partial charge in [0.25, 0.3) is 0 Å². The average molecular weight is 223 g/mol. The monoisotopic (exact) mass is 223 g/mol. The molecule has 1 rings (SSSR count). The van der Waals surface area contributed by atoms with E-state index in [0.29, 0.717) is 5.69 Å². The second-order valence-electron chi connectivity index (χ2n) is 3.09. The summed E-state index contributed by atoms with van der Waals surface area (Å²) in [6.45, 7) is 1.16. The maximum atomic E-state index is 12.0. The molecule has 0 bridgehead atoms. The normalized spacial score (nSPS) is 14.1. The minimum Gasteiger partial charge on any atom is -0.396 e. The van der Waals surface area contributed by atoms with Gasteiger partial charge in [-0.1, -0.05) is 0 Å². The fourth-order valence-electron chi connectivity index (χ4n) is 0.919. The van der Waals surface area contributed by atoms with E-state index in [9.17, 15) is 13.2 Å². The van der Waals surface area contributed by atoms with E-state index in [-0.39, 0.29) is 13.2 Å². The molecule has 1 heterocycles. The first-order valence-electron chi connectivity index (χ1n) is 4.36. The van der Waals surface area contributed by atoms with E-state index >= 15 is 0 Å². The summed E-state index contributed by atoms with van der Waals surface area (Å²) in [5.41, 5.74) is 5.85. The van der Waals surface area contributed by atoms with Gasteiger partial charge in [-0.25, -0.2) is 0 Å². The van der Waals surface area contributed by atoms with Crippen molar-refractivity contribution < 1.29 is 17.9 Å². The zero-order valence-corrected chi connectivity index (χ0v) is 8.16. The number of nitrogen functional groups attached to an aromatic ring is 1. The predicted molar refractivity (Wildman–Crippen MR) is 48.1 cm³/mol. The highest BCUT2D eigenvalue weighted by Gasteiger charge is 2.36. The predicted octanol–water partition coefficient (Wildman–Crippen LogP) is 1.43. The van der Waals surface area contributed by atoms with Crippen LogP contribution in [0.3, 0.4) is 0 Å². The zero-order chi connectivity index (χ0) is 11.5. The standard InChI is InChI=1S/C8H12F3N3O/c1-6(8(9,10)11)15-3-2-14-5-7(12)4-13-14/h4-6H,2-3,12H2,1H3. The molecule has 86 valence electrons. The van der Waals surface area contributed by atoms with Crippen molar-refractivity contribution in [3.63, 3.8) is 0 Å². The van der Waals surface area contributed by atoms with Crippen LogP contribution < -0.4 is 5.73 Å². The SMILES string of the molecule is CC(OCCn1cc(N)cn1)C(F)(F)F. The molecular formula is C8H12F3N3O. The molecule has 2 N–H and O–H groups in total. The van der Waals surface area contributed by atoms with Gasteiger partial charge in [-0.3, -0.25) is 4.68 Å². The second kappa shape index (κ2) is 4.52. The third-order valence-corrected chi connectivity index (χ3v) is 1.80. The highest BCUT2D eigenvalue weighted by molar-refractivity contribution is 5.30. The number of halogens is 3. The summed E-state index contributed by atoms with van der Waals surface area (Å²) >= 11 is 0. The minimum absolute atomic E-state index is 0.0538. The van der Waals surface area contributed by atoms with Crippen LogP contribution in [0.5, 0.6) is 0 Å². The molecule has 0 spiro atoms. The Morgan fingerprint density at radius 1 is 1.60 bits per heavy atom. The van der Waals surface area contributed by atoms with Gasteiger partial charge in [0.15, 0.2) is 6.10 Å². The van der Waals surface area contributed by atoms with Gasteiger partial charge in [-0.15, -0.1) is 0 Å². The third kappa shape index (κ3) is 3.78. The molecular weight excluding hydrogens is 211 g/mol. The van der Waals surface area contributed by atoms with Gasteiger partial charge in [0, 0.05) is 6.20 Å². The van der Waals surface area contributed by atoms with E-state index in [1.165, 1.54) is 17.1 Å². The maximum Gasteiger partial charge on any atom is 0.414 e. The number of nitrogens with zero attached hydrogens (tertiary/aromatic N) is 2. The average Bonchev–Trinajstić information content (AvgIpc) is 2.49. The second-order valence-corrected chi connectivity index (χ2v) is 3.09. The molecule has 1 aromatic heterocycles. The van der Waals surface area contributed by atoms with Crippen LogP contribution in [0, 0.1) is 0 Å². The number of alkyl halides is 3. The number of hydrogen-bond acceptors (Lipinski definition) is 3. The Hall–Kier alpha value is -1.24. The van der Waals surface area contributed by atoms with Gasteiger partial charge in [0.1, 0.15) is 0 Å². The summed E-state index contributed by atoms with van der Waals surface area (Å²) in [4.78, 5) is 0. The Kier molecular flexibility index (Phi) is 3.57. The van der Waals surface area contributed by atoms with E-state index in [1.54, 1.807) is 0 Å². The molecule has 0 aliphatic rings. The van der Waals surface area contributed by atoms with Crippen molar-refractivity contribution in [1.29, 1.82) is 0 Å². The Labute approximate surface area is 84.8 Å². The topological polar surface area (TPSA) is 53.1 Å². The Morgan fingerprint density at radius 3 is 2.73 bits per heavy atom. The molecule has 1 unspecified atom stereocenters. The number of nitrogens with two attached hydrogens (primary N) is 1. The molecule has 7 heteroatoms. The molecule has 0 amide bonds.